The summed E-state index contributed by atoms with van der Waals surface area (Å²) in [6, 6.07) is 8.00. The summed E-state index contributed by atoms with van der Waals surface area (Å²) < 4.78 is 16.4. The van der Waals surface area contributed by atoms with E-state index in [0.29, 0.717) is 5.02 Å². The summed E-state index contributed by atoms with van der Waals surface area (Å²) in [4.78, 5) is 9.40. The Balaban J connectivity index is 2.59. The number of nitrogens with one attached hydrogen (secondary N) is 1. The number of halogens is 1. The molecule has 7 heteroatoms. The first-order chi connectivity index (χ1) is 7.53. The van der Waals surface area contributed by atoms with Crippen molar-refractivity contribution < 1.29 is 14.0 Å². The Morgan fingerprint density at radius 3 is 3.00 bits per heavy atom. The maximum absolute atomic E-state index is 11.5. The molecule has 0 fully saturated rings. The van der Waals surface area contributed by atoms with E-state index in [9.17, 15) is 9.46 Å². The molecule has 0 aliphatic carbocycles. The first kappa shape index (κ1) is 13.0. The van der Waals surface area contributed by atoms with E-state index in [1.165, 1.54) is 12.1 Å². The molecule has 1 unspecified atom stereocenters. The lowest BCUT2D eigenvalue weighted by atomic mass is 10.3. The molecule has 0 aromatic heterocycles. The second kappa shape index (κ2) is 5.88. The number of benzene rings is 1. The molecule has 5 nitrogen and oxygen atoms in total. The third kappa shape index (κ3) is 4.65. The summed E-state index contributed by atoms with van der Waals surface area (Å²) in [5.74, 6) is 0.220. The average Bonchev–Trinajstić information content (AvgIpc) is 2.17. The van der Waals surface area contributed by atoms with Crippen LogP contribution in [-0.4, -0.2) is 17.7 Å². The molecule has 1 atom stereocenters. The molecular weight excluding hydrogens is 251 g/mol. The van der Waals surface area contributed by atoms with Gasteiger partial charge >= 0.3 is 7.60 Å². The molecule has 1 aromatic rings. The molecule has 0 saturated carbocycles. The van der Waals surface area contributed by atoms with E-state index >= 15 is 0 Å². The zero-order chi connectivity index (χ0) is 12.0. The third-order valence-corrected chi connectivity index (χ3v) is 2.91. The van der Waals surface area contributed by atoms with E-state index in [1.807, 2.05) is 0 Å². The quantitative estimate of drug-likeness (QED) is 0.480. The molecule has 1 rings (SSSR count). The van der Waals surface area contributed by atoms with Gasteiger partial charge in [-0.3, -0.25) is 5.32 Å². The average molecular weight is 261 g/mol. The minimum Gasteiger partial charge on any atom is -0.424 e. The molecule has 2 N–H and O–H groups in total. The van der Waals surface area contributed by atoms with Crippen LogP contribution in [0.1, 0.15) is 0 Å². The Hall–Kier alpha value is -1.05. The molecule has 0 heterocycles. The highest BCUT2D eigenvalue weighted by atomic mass is 35.5. The maximum atomic E-state index is 11.5. The van der Waals surface area contributed by atoms with E-state index < -0.39 is 7.60 Å². The van der Waals surface area contributed by atoms with E-state index in [2.05, 4.69) is 5.32 Å². The lowest BCUT2D eigenvalue weighted by Gasteiger charge is -2.13. The van der Waals surface area contributed by atoms with Gasteiger partial charge in [-0.25, -0.2) is 4.57 Å². The van der Waals surface area contributed by atoms with Gasteiger partial charge in [-0.2, -0.15) is 5.26 Å². The van der Waals surface area contributed by atoms with Gasteiger partial charge in [0.05, 0.1) is 12.6 Å². The van der Waals surface area contributed by atoms with Crippen molar-refractivity contribution in [3.05, 3.63) is 29.3 Å². The molecule has 1 aromatic carbocycles. The van der Waals surface area contributed by atoms with Crippen LogP contribution in [0.4, 0.5) is 0 Å². The van der Waals surface area contributed by atoms with E-state index in [0.717, 1.165) is 0 Å². The van der Waals surface area contributed by atoms with Crippen LogP contribution in [0.3, 0.4) is 0 Å². The second-order valence-electron chi connectivity index (χ2n) is 2.93. The van der Waals surface area contributed by atoms with Crippen LogP contribution in [0.5, 0.6) is 5.75 Å². The summed E-state index contributed by atoms with van der Waals surface area (Å²) >= 11 is 5.69. The monoisotopic (exact) mass is 260 g/mol. The number of hydrogen-bond acceptors (Lipinski definition) is 4. The fourth-order valence-electron chi connectivity index (χ4n) is 0.974. The standard InChI is InChI=1S/C9H10ClN2O3P/c10-8-2-1-3-9(6-8)15-16(13,14)7-12-5-4-11/h1-3,6,12H,5,7H2,(H,13,14). The van der Waals surface area contributed by atoms with Crippen LogP contribution in [0.2, 0.25) is 5.02 Å². The Kier molecular flexibility index (Phi) is 4.78. The van der Waals surface area contributed by atoms with Crippen molar-refractivity contribution in [2.45, 2.75) is 0 Å². The summed E-state index contributed by atoms with van der Waals surface area (Å²) in [5.41, 5.74) is 0. The predicted octanol–water partition coefficient (Wildman–Crippen LogP) is 1.97. The SMILES string of the molecule is N#CCNCP(=O)(O)Oc1cccc(Cl)c1. The molecule has 0 amide bonds. The largest absolute Gasteiger partial charge is 0.424 e. The van der Waals surface area contributed by atoms with Crippen LogP contribution >= 0.6 is 19.2 Å². The first-order valence-electron chi connectivity index (χ1n) is 4.38. The first-order valence-corrected chi connectivity index (χ1v) is 6.52. The van der Waals surface area contributed by atoms with Crippen LogP contribution in [0.25, 0.3) is 0 Å². The lowest BCUT2D eigenvalue weighted by molar-refractivity contribution is 0.376. The van der Waals surface area contributed by atoms with Crippen molar-refractivity contribution in [2.24, 2.45) is 0 Å². The highest BCUT2D eigenvalue weighted by Crippen LogP contribution is 2.41. The molecule has 86 valence electrons. The predicted molar refractivity (Wildman–Crippen MR) is 60.4 cm³/mol. The van der Waals surface area contributed by atoms with Gasteiger partial charge in [0.25, 0.3) is 0 Å². The van der Waals surface area contributed by atoms with Crippen molar-refractivity contribution in [3.8, 4) is 11.8 Å². The Labute approximate surface area is 98.1 Å². The molecule has 16 heavy (non-hydrogen) atoms. The molecule has 0 spiro atoms. The molecule has 0 saturated heterocycles. The van der Waals surface area contributed by atoms with E-state index in [-0.39, 0.29) is 18.6 Å². The molecule has 0 aliphatic heterocycles. The fraction of sp³-hybridized carbons (Fsp3) is 0.222. The van der Waals surface area contributed by atoms with Gasteiger partial charge < -0.3 is 9.42 Å². The maximum Gasteiger partial charge on any atom is 0.390 e. The zero-order valence-corrected chi connectivity index (χ0v) is 9.91. The summed E-state index contributed by atoms with van der Waals surface area (Å²) in [6.07, 6.45) is -0.285. The van der Waals surface area contributed by atoms with Crippen LogP contribution < -0.4 is 9.84 Å². The molecule has 0 aliphatic rings. The van der Waals surface area contributed by atoms with Gasteiger partial charge in [0.2, 0.25) is 0 Å². The van der Waals surface area contributed by atoms with Crippen LogP contribution in [-0.2, 0) is 4.57 Å². The highest BCUT2D eigenvalue weighted by molar-refractivity contribution is 7.53. The minimum absolute atomic E-state index is 0.0105. The topological polar surface area (TPSA) is 82.4 Å². The van der Waals surface area contributed by atoms with Gasteiger partial charge in [0, 0.05) is 5.02 Å². The summed E-state index contributed by atoms with van der Waals surface area (Å²) in [6.45, 7) is -0.0105. The van der Waals surface area contributed by atoms with E-state index in [4.69, 9.17) is 21.4 Å². The summed E-state index contributed by atoms with van der Waals surface area (Å²) in [7, 11) is -3.78. The second-order valence-corrected chi connectivity index (χ2v) is 5.14. The van der Waals surface area contributed by atoms with Crippen LogP contribution in [0.15, 0.2) is 24.3 Å². The van der Waals surface area contributed by atoms with Gasteiger partial charge in [0.15, 0.2) is 0 Å². The van der Waals surface area contributed by atoms with Crippen molar-refractivity contribution in [2.75, 3.05) is 12.8 Å². The van der Waals surface area contributed by atoms with Gasteiger partial charge in [0.1, 0.15) is 12.0 Å². The third-order valence-electron chi connectivity index (χ3n) is 1.56. The van der Waals surface area contributed by atoms with Gasteiger partial charge in [-0.15, -0.1) is 0 Å². The van der Waals surface area contributed by atoms with Crippen molar-refractivity contribution in [1.29, 1.82) is 5.26 Å². The Bertz CT molecular complexity index is 447. The smallest absolute Gasteiger partial charge is 0.390 e. The molecule has 0 radical (unpaired) electrons. The number of hydrogen-bond donors (Lipinski definition) is 2. The Morgan fingerprint density at radius 1 is 1.62 bits per heavy atom. The van der Waals surface area contributed by atoms with Crippen LogP contribution in [0, 0.1) is 11.3 Å². The van der Waals surface area contributed by atoms with Crippen molar-refractivity contribution in [1.82, 2.24) is 5.32 Å². The molecule has 0 bridgehead atoms. The fourth-order valence-corrected chi connectivity index (χ4v) is 2.06. The number of rotatable bonds is 5. The summed E-state index contributed by atoms with van der Waals surface area (Å²) in [5, 5.41) is 11.1. The zero-order valence-electron chi connectivity index (χ0n) is 8.26. The van der Waals surface area contributed by atoms with E-state index in [1.54, 1.807) is 18.2 Å². The normalized spacial score (nSPS) is 13.8. The Morgan fingerprint density at radius 2 is 2.38 bits per heavy atom. The van der Waals surface area contributed by atoms with Gasteiger partial charge in [-0.1, -0.05) is 17.7 Å². The van der Waals surface area contributed by atoms with Crippen molar-refractivity contribution in [3.63, 3.8) is 0 Å². The lowest BCUT2D eigenvalue weighted by Crippen LogP contribution is -2.17. The van der Waals surface area contributed by atoms with Gasteiger partial charge in [-0.05, 0) is 18.2 Å². The number of nitrogens with zero attached hydrogens (tertiary/aromatic N) is 1. The van der Waals surface area contributed by atoms with Crippen molar-refractivity contribution >= 4 is 19.2 Å². The molecular formula is C9H10ClN2O3P. The number of nitriles is 1. The highest BCUT2D eigenvalue weighted by Gasteiger charge is 2.20. The minimum atomic E-state index is -3.78.